The van der Waals surface area contributed by atoms with Gasteiger partial charge in [0.05, 0.1) is 39.6 Å². The zero-order valence-corrected chi connectivity index (χ0v) is 16.3. The van der Waals surface area contributed by atoms with Gasteiger partial charge in [0, 0.05) is 0 Å². The number of carbonyl (C=O) groups is 2. The Hall–Kier alpha value is -1.10. The topological polar surface area (TPSA) is 80.3 Å². The number of hydrogen-bond donors (Lipinski definition) is 0. The molecule has 0 aromatic rings. The molecule has 0 aromatic heterocycles. The average Bonchev–Trinajstić information content (AvgIpc) is 2.48. The van der Waals surface area contributed by atoms with Crippen molar-refractivity contribution in [1.82, 2.24) is 0 Å². The van der Waals surface area contributed by atoms with Crippen LogP contribution in [0.2, 0.25) is 0 Å². The van der Waals surface area contributed by atoms with Crippen molar-refractivity contribution in [3.63, 3.8) is 0 Å². The Labute approximate surface area is 150 Å². The smallest absolute Gasteiger partial charge is 0.543 e. The van der Waals surface area contributed by atoms with Gasteiger partial charge in [0.25, 0.3) is 0 Å². The molecule has 0 aliphatic heterocycles. The lowest BCUT2D eigenvalue weighted by atomic mass is 10.1. The molecule has 0 saturated heterocycles. The summed E-state index contributed by atoms with van der Waals surface area (Å²) in [6.45, 7) is 3.62. The molecule has 0 aliphatic rings. The van der Waals surface area contributed by atoms with Crippen molar-refractivity contribution in [3.8, 4) is 0 Å². The van der Waals surface area contributed by atoms with Crippen LogP contribution >= 0.6 is 0 Å². The van der Waals surface area contributed by atoms with Crippen LogP contribution in [0.5, 0.6) is 0 Å². The zero-order chi connectivity index (χ0) is 18.8. The Morgan fingerprint density at radius 3 is 1.21 bits per heavy atom. The van der Waals surface area contributed by atoms with E-state index < -0.39 is 11.9 Å². The molecule has 144 valence electrons. The minimum absolute atomic E-state index is 0. The molecular weight excluding hydrogens is 306 g/mol. The van der Waals surface area contributed by atoms with Crippen LogP contribution in [0.15, 0.2) is 0 Å². The summed E-state index contributed by atoms with van der Waals surface area (Å²) in [7, 11) is 6.87. The number of carboxylic acid groups (broad SMARTS) is 2. The molecule has 0 N–H and O–H groups in total. The van der Waals surface area contributed by atoms with E-state index in [4.69, 9.17) is 19.8 Å². The number of aliphatic carboxylic acids is 2. The Morgan fingerprint density at radius 2 is 0.958 bits per heavy atom. The highest BCUT2D eigenvalue weighted by atomic mass is 16.4. The van der Waals surface area contributed by atoms with Crippen molar-refractivity contribution in [1.29, 1.82) is 0 Å². The van der Waals surface area contributed by atoms with E-state index in [0.717, 1.165) is 4.48 Å². The Kier molecular flexibility index (Phi) is 17.5. The maximum atomic E-state index is 8.93. The van der Waals surface area contributed by atoms with Crippen molar-refractivity contribution in [2.45, 2.75) is 84.0 Å². The van der Waals surface area contributed by atoms with Gasteiger partial charge in [0.15, 0.2) is 0 Å². The molecule has 0 aliphatic carbocycles. The van der Waals surface area contributed by atoms with Gasteiger partial charge in [-0.3, -0.25) is 0 Å². The first-order valence-electron chi connectivity index (χ1n) is 9.43. The van der Waals surface area contributed by atoms with Crippen LogP contribution in [0, 0.1) is 0 Å². The van der Waals surface area contributed by atoms with Gasteiger partial charge in [0.1, 0.15) is 0 Å². The van der Waals surface area contributed by atoms with Crippen molar-refractivity contribution in [3.05, 3.63) is 0 Å². The highest BCUT2D eigenvalue weighted by Crippen LogP contribution is 2.12. The van der Waals surface area contributed by atoms with Gasteiger partial charge in [-0.15, -0.1) is 0 Å². The molecule has 5 nitrogen and oxygen atoms in total. The van der Waals surface area contributed by atoms with Crippen LogP contribution in [0.3, 0.4) is 0 Å². The number of nitrogens with zero attached hydrogens (tertiary/aromatic N) is 1. The molecule has 24 heavy (non-hydrogen) atoms. The second kappa shape index (κ2) is 16.7. The van der Waals surface area contributed by atoms with Crippen LogP contribution in [0.1, 0.15) is 85.4 Å². The number of hydrogen-bond acceptors (Lipinski definition) is 4. The number of quaternary nitrogens is 1. The third-order valence-corrected chi connectivity index (χ3v) is 3.85. The van der Waals surface area contributed by atoms with E-state index in [2.05, 4.69) is 28.1 Å². The van der Waals surface area contributed by atoms with Gasteiger partial charge in [0.2, 0.25) is 0 Å². The predicted octanol–water partition coefficient (Wildman–Crippen LogP) is 1.99. The average molecular weight is 346 g/mol. The summed E-state index contributed by atoms with van der Waals surface area (Å²) in [6.07, 6.45) is 17.4. The molecule has 0 heterocycles. The number of carboxylic acids is 2. The third kappa shape index (κ3) is 25.8. The van der Waals surface area contributed by atoms with E-state index >= 15 is 0 Å². The summed E-state index contributed by atoms with van der Waals surface area (Å²) >= 11 is 0. The fourth-order valence-electron chi connectivity index (χ4n) is 2.43. The normalized spacial score (nSPS) is 10.8. The van der Waals surface area contributed by atoms with Gasteiger partial charge in [-0.2, -0.15) is 0 Å². The van der Waals surface area contributed by atoms with Crippen molar-refractivity contribution >= 4 is 11.9 Å². The lowest BCUT2D eigenvalue weighted by molar-refractivity contribution is -0.870. The first-order chi connectivity index (χ1) is 11.2. The van der Waals surface area contributed by atoms with Crippen molar-refractivity contribution < 1.29 is 25.7 Å². The standard InChI is InChI=1S/C17H38N.C2H2O4/c1-5-6-7-8-9-10-11-12-13-14-15-16-17-18(2,3)4;3-1(4)2(5)6/h5-17H2,1-4H3;(H,3,4)(H,5,6)/q+1;/p-1. The lowest BCUT2D eigenvalue weighted by Crippen LogP contribution is -2.42. The van der Waals surface area contributed by atoms with Crippen LogP contribution in [0.4, 0.5) is 0 Å². The zero-order valence-electron chi connectivity index (χ0n) is 17.3. The Morgan fingerprint density at radius 1 is 0.667 bits per heavy atom. The fraction of sp³-hybridized carbons (Fsp3) is 0.895. The molecular formula is C19H39NO4. The fourth-order valence-corrected chi connectivity index (χ4v) is 2.43. The van der Waals surface area contributed by atoms with Crippen LogP contribution < -0.4 is 10.2 Å². The largest absolute Gasteiger partial charge is 1.00 e. The summed E-state index contributed by atoms with van der Waals surface area (Å²) < 4.78 is 1.12. The predicted molar refractivity (Wildman–Crippen MR) is 95.1 cm³/mol. The molecule has 0 fully saturated rings. The first-order valence-corrected chi connectivity index (χ1v) is 9.43. The van der Waals surface area contributed by atoms with Gasteiger partial charge in [-0.25, -0.2) is 0 Å². The molecule has 0 spiro atoms. The quantitative estimate of drug-likeness (QED) is 0.290. The molecule has 0 bridgehead atoms. The van der Waals surface area contributed by atoms with E-state index in [1.54, 1.807) is 0 Å². The second-order valence-corrected chi connectivity index (χ2v) is 7.48. The Balaban J connectivity index is -0.000000592. The van der Waals surface area contributed by atoms with Crippen LogP contribution in [-0.4, -0.2) is 44.1 Å². The van der Waals surface area contributed by atoms with Gasteiger partial charge in [-0.1, -0.05) is 71.1 Å². The maximum absolute atomic E-state index is 8.93. The monoisotopic (exact) mass is 345 g/mol. The Bertz CT molecular complexity index is 305. The molecule has 0 rings (SSSR count). The lowest BCUT2D eigenvalue weighted by Gasteiger charge is -2.23. The molecule has 0 saturated carbocycles. The number of carbonyl (C=O) groups excluding carboxylic acids is 2. The van der Waals surface area contributed by atoms with E-state index in [-0.39, 0.29) is 1.43 Å². The summed E-state index contributed by atoms with van der Waals surface area (Å²) in [5.41, 5.74) is 0. The molecule has 5 heteroatoms. The highest BCUT2D eigenvalue weighted by Gasteiger charge is 2.04. The SMILES string of the molecule is CCCCCCCCCCCCCC[N+](C)(C)C.O=C([O-])C(=O)[O-].[H+]. The molecule has 0 aromatic carbocycles. The van der Waals surface area contributed by atoms with Gasteiger partial charge < -0.3 is 24.3 Å². The number of rotatable bonds is 13. The van der Waals surface area contributed by atoms with Crippen molar-refractivity contribution in [2.75, 3.05) is 27.7 Å². The van der Waals surface area contributed by atoms with E-state index in [0.29, 0.717) is 0 Å². The summed E-state index contributed by atoms with van der Waals surface area (Å²) in [6, 6.07) is 0. The minimum atomic E-state index is -2.19. The van der Waals surface area contributed by atoms with Gasteiger partial charge in [-0.05, 0) is 12.8 Å². The second-order valence-electron chi connectivity index (χ2n) is 7.48. The molecule has 0 radical (unpaired) electrons. The van der Waals surface area contributed by atoms with Crippen molar-refractivity contribution in [2.24, 2.45) is 0 Å². The summed E-state index contributed by atoms with van der Waals surface area (Å²) in [5.74, 6) is -4.37. The summed E-state index contributed by atoms with van der Waals surface area (Å²) in [4.78, 5) is 17.9. The molecule has 0 amide bonds. The molecule has 0 unspecified atom stereocenters. The van der Waals surface area contributed by atoms with Gasteiger partial charge >= 0.3 is 1.43 Å². The number of unbranched alkanes of at least 4 members (excludes halogenated alkanes) is 11. The van der Waals surface area contributed by atoms with E-state index in [9.17, 15) is 0 Å². The third-order valence-electron chi connectivity index (χ3n) is 3.85. The highest BCUT2D eigenvalue weighted by molar-refractivity contribution is 6.25. The first kappa shape index (κ1) is 25.1. The minimum Gasteiger partial charge on any atom is -0.543 e. The van der Waals surface area contributed by atoms with Crippen LogP contribution in [0.25, 0.3) is 0 Å². The summed E-state index contributed by atoms with van der Waals surface area (Å²) in [5, 5.41) is 17.9. The molecule has 0 atom stereocenters. The van der Waals surface area contributed by atoms with E-state index in [1.807, 2.05) is 0 Å². The van der Waals surface area contributed by atoms with E-state index in [1.165, 1.54) is 83.6 Å². The maximum Gasteiger partial charge on any atom is 1.00 e. The van der Waals surface area contributed by atoms with Crippen LogP contribution in [-0.2, 0) is 9.59 Å².